The summed E-state index contributed by atoms with van der Waals surface area (Å²) in [6.07, 6.45) is 4.20. The van der Waals surface area contributed by atoms with Gasteiger partial charge >= 0.3 is 0 Å². The van der Waals surface area contributed by atoms with Crippen LogP contribution in [0.5, 0.6) is 0 Å². The third kappa shape index (κ3) is 2.27. The van der Waals surface area contributed by atoms with Gasteiger partial charge in [-0.15, -0.1) is 0 Å². The molecule has 0 saturated heterocycles. The maximum atomic E-state index is 8.85. The van der Waals surface area contributed by atoms with E-state index in [0.29, 0.717) is 29.4 Å². The second-order valence-corrected chi connectivity index (χ2v) is 4.41. The van der Waals surface area contributed by atoms with Crippen LogP contribution < -0.4 is 11.1 Å². The lowest BCUT2D eigenvalue weighted by Gasteiger charge is -2.05. The van der Waals surface area contributed by atoms with Gasteiger partial charge in [0.2, 0.25) is 0 Å². The number of nitrogens with one attached hydrogen (secondary N) is 1. The van der Waals surface area contributed by atoms with Gasteiger partial charge in [-0.05, 0) is 16.7 Å². The Bertz CT molecular complexity index is 764. The van der Waals surface area contributed by atoms with E-state index in [4.69, 9.17) is 10.8 Å². The van der Waals surface area contributed by atoms with Crippen molar-refractivity contribution < 1.29 is 9.74 Å². The van der Waals surface area contributed by atoms with Gasteiger partial charge in [0, 0.05) is 6.54 Å². The molecular formula is C12H15N7O2. The third-order valence-electron chi connectivity index (χ3n) is 3.10. The summed E-state index contributed by atoms with van der Waals surface area (Å²) in [5.41, 5.74) is 8.42. The first kappa shape index (κ1) is 13.3. The molecule has 3 rings (SSSR count). The zero-order valence-corrected chi connectivity index (χ0v) is 11.4. The summed E-state index contributed by atoms with van der Waals surface area (Å²) < 4.78 is 6.55. The van der Waals surface area contributed by atoms with Crippen LogP contribution in [0.25, 0.3) is 17.0 Å². The minimum Gasteiger partial charge on any atom is -0.395 e. The zero-order valence-electron chi connectivity index (χ0n) is 11.4. The number of nitrogens with two attached hydrogens (primary N) is 1. The molecule has 0 aliphatic heterocycles. The van der Waals surface area contributed by atoms with E-state index in [0.717, 1.165) is 12.1 Å². The van der Waals surface area contributed by atoms with E-state index in [-0.39, 0.29) is 12.4 Å². The summed E-state index contributed by atoms with van der Waals surface area (Å²) in [7, 11) is 0. The van der Waals surface area contributed by atoms with Crippen LogP contribution in [0.4, 0.5) is 11.6 Å². The van der Waals surface area contributed by atoms with E-state index in [1.807, 2.05) is 17.5 Å². The average Bonchev–Trinajstić information content (AvgIpc) is 3.07. The zero-order chi connectivity index (χ0) is 14.8. The third-order valence-corrected chi connectivity index (χ3v) is 3.10. The summed E-state index contributed by atoms with van der Waals surface area (Å²) in [6, 6.07) is 0. The molecule has 0 unspecified atom stereocenters. The average molecular weight is 289 g/mol. The number of anilines is 2. The van der Waals surface area contributed by atoms with Gasteiger partial charge in [-0.2, -0.15) is 0 Å². The van der Waals surface area contributed by atoms with Crippen LogP contribution in [0.15, 0.2) is 17.0 Å². The molecule has 0 fully saturated rings. The fourth-order valence-corrected chi connectivity index (χ4v) is 2.17. The van der Waals surface area contributed by atoms with E-state index < -0.39 is 0 Å². The molecule has 9 heteroatoms. The Labute approximate surface area is 119 Å². The number of nitrogens with zero attached hydrogens (tertiary/aromatic N) is 5. The lowest BCUT2D eigenvalue weighted by molar-refractivity contribution is 0.310. The van der Waals surface area contributed by atoms with Crippen molar-refractivity contribution in [1.82, 2.24) is 24.7 Å². The SMILES string of the molecule is CCc1c(-c2nonc2N)nc2cnc(NCCO)cn12. The Morgan fingerprint density at radius 1 is 1.38 bits per heavy atom. The molecule has 3 aromatic heterocycles. The normalized spacial score (nSPS) is 11.1. The second kappa shape index (κ2) is 5.37. The molecule has 0 atom stereocenters. The van der Waals surface area contributed by atoms with E-state index in [1.165, 1.54) is 0 Å². The van der Waals surface area contributed by atoms with Crippen molar-refractivity contribution in [2.24, 2.45) is 0 Å². The number of aromatic nitrogens is 5. The van der Waals surface area contributed by atoms with Gasteiger partial charge in [-0.3, -0.25) is 4.40 Å². The monoisotopic (exact) mass is 289 g/mol. The number of hydrogen-bond acceptors (Lipinski definition) is 8. The summed E-state index contributed by atoms with van der Waals surface area (Å²) in [5.74, 6) is 0.862. The first-order chi connectivity index (χ1) is 10.2. The molecular weight excluding hydrogens is 274 g/mol. The number of aryl methyl sites for hydroxylation is 1. The Morgan fingerprint density at radius 3 is 2.90 bits per heavy atom. The van der Waals surface area contributed by atoms with Crippen LogP contribution in [0.3, 0.4) is 0 Å². The van der Waals surface area contributed by atoms with Crippen LogP contribution >= 0.6 is 0 Å². The Kier molecular flexibility index (Phi) is 3.40. The molecule has 110 valence electrons. The number of aliphatic hydroxyl groups excluding tert-OH is 1. The van der Waals surface area contributed by atoms with Gasteiger partial charge < -0.3 is 16.2 Å². The van der Waals surface area contributed by atoms with Gasteiger partial charge in [-0.25, -0.2) is 14.6 Å². The molecule has 21 heavy (non-hydrogen) atoms. The highest BCUT2D eigenvalue weighted by atomic mass is 16.6. The van der Waals surface area contributed by atoms with Gasteiger partial charge in [-0.1, -0.05) is 6.92 Å². The van der Waals surface area contributed by atoms with Crippen LogP contribution in [-0.2, 0) is 6.42 Å². The highest BCUT2D eigenvalue weighted by Gasteiger charge is 2.19. The number of aliphatic hydroxyl groups is 1. The van der Waals surface area contributed by atoms with Crippen molar-refractivity contribution in [3.05, 3.63) is 18.1 Å². The summed E-state index contributed by atoms with van der Waals surface area (Å²) >= 11 is 0. The topological polar surface area (TPSA) is 127 Å². The number of rotatable bonds is 5. The number of hydrogen-bond donors (Lipinski definition) is 3. The van der Waals surface area contributed by atoms with Crippen molar-refractivity contribution in [2.45, 2.75) is 13.3 Å². The van der Waals surface area contributed by atoms with Gasteiger partial charge in [0.25, 0.3) is 0 Å². The summed E-state index contributed by atoms with van der Waals surface area (Å²) in [5, 5.41) is 19.3. The fraction of sp³-hybridized carbons (Fsp3) is 0.333. The molecule has 0 aliphatic rings. The van der Waals surface area contributed by atoms with Crippen LogP contribution in [-0.4, -0.2) is 42.9 Å². The summed E-state index contributed by atoms with van der Waals surface area (Å²) in [6.45, 7) is 2.48. The molecule has 0 aliphatic carbocycles. The highest BCUT2D eigenvalue weighted by Crippen LogP contribution is 2.27. The molecule has 4 N–H and O–H groups in total. The molecule has 0 spiro atoms. The van der Waals surface area contributed by atoms with E-state index >= 15 is 0 Å². The Hall–Kier alpha value is -2.68. The van der Waals surface area contributed by atoms with E-state index in [2.05, 4.69) is 30.2 Å². The maximum Gasteiger partial charge on any atom is 0.198 e. The van der Waals surface area contributed by atoms with Crippen LogP contribution in [0.2, 0.25) is 0 Å². The number of imidazole rings is 1. The Morgan fingerprint density at radius 2 is 2.24 bits per heavy atom. The lowest BCUT2D eigenvalue weighted by Crippen LogP contribution is -2.08. The van der Waals surface area contributed by atoms with Crippen molar-refractivity contribution in [2.75, 3.05) is 24.2 Å². The number of nitrogen functional groups attached to an aromatic ring is 1. The molecule has 3 heterocycles. The lowest BCUT2D eigenvalue weighted by atomic mass is 10.2. The first-order valence-electron chi connectivity index (χ1n) is 6.54. The highest BCUT2D eigenvalue weighted by molar-refractivity contribution is 5.70. The minimum atomic E-state index is 0.0384. The van der Waals surface area contributed by atoms with E-state index in [1.54, 1.807) is 6.20 Å². The van der Waals surface area contributed by atoms with Crippen molar-refractivity contribution in [3.8, 4) is 11.4 Å². The van der Waals surface area contributed by atoms with Gasteiger partial charge in [0.1, 0.15) is 11.5 Å². The van der Waals surface area contributed by atoms with Crippen LogP contribution in [0.1, 0.15) is 12.6 Å². The second-order valence-electron chi connectivity index (χ2n) is 4.41. The minimum absolute atomic E-state index is 0.0384. The molecule has 0 bridgehead atoms. The van der Waals surface area contributed by atoms with Crippen molar-refractivity contribution >= 4 is 17.3 Å². The standard InChI is InChI=1S/C12H15N7O2/c1-2-7-10(11-12(13)18-21-17-11)16-9-5-15-8(6-19(7)9)14-3-4-20/h5-6,14,20H,2-4H2,1H3,(H2,13,18). The largest absolute Gasteiger partial charge is 0.395 e. The molecule has 0 saturated carbocycles. The smallest absolute Gasteiger partial charge is 0.198 e. The Balaban J connectivity index is 2.12. The number of fused-ring (bicyclic) bond motifs is 1. The molecule has 0 radical (unpaired) electrons. The molecule has 0 aromatic carbocycles. The van der Waals surface area contributed by atoms with Crippen LogP contribution in [0, 0.1) is 0 Å². The molecule has 9 nitrogen and oxygen atoms in total. The fourth-order valence-electron chi connectivity index (χ4n) is 2.17. The molecule has 0 amide bonds. The predicted molar refractivity (Wildman–Crippen MR) is 75.6 cm³/mol. The maximum absolute atomic E-state index is 8.85. The first-order valence-corrected chi connectivity index (χ1v) is 6.54. The molecule has 3 aromatic rings. The van der Waals surface area contributed by atoms with E-state index in [9.17, 15) is 0 Å². The van der Waals surface area contributed by atoms with Gasteiger partial charge in [0.15, 0.2) is 17.2 Å². The quantitative estimate of drug-likeness (QED) is 0.613. The van der Waals surface area contributed by atoms with Crippen molar-refractivity contribution in [3.63, 3.8) is 0 Å². The summed E-state index contributed by atoms with van der Waals surface area (Å²) in [4.78, 5) is 8.73. The predicted octanol–water partition coefficient (Wildman–Crippen LogP) is 0.328. The van der Waals surface area contributed by atoms with Crippen molar-refractivity contribution in [1.29, 1.82) is 0 Å². The van der Waals surface area contributed by atoms with Gasteiger partial charge in [0.05, 0.1) is 24.7 Å².